The van der Waals surface area contributed by atoms with Crippen molar-refractivity contribution < 1.29 is 4.79 Å². The molecule has 3 rings (SSSR count). The predicted molar refractivity (Wildman–Crippen MR) is 90.2 cm³/mol. The molecule has 21 heavy (non-hydrogen) atoms. The predicted octanol–water partition coefficient (Wildman–Crippen LogP) is 4.63. The van der Waals surface area contributed by atoms with Crippen LogP contribution in [0.5, 0.6) is 0 Å². The van der Waals surface area contributed by atoms with E-state index in [1.54, 1.807) is 11.3 Å². The van der Waals surface area contributed by atoms with E-state index < -0.39 is 0 Å². The van der Waals surface area contributed by atoms with Gasteiger partial charge in [-0.05, 0) is 42.8 Å². The Morgan fingerprint density at radius 3 is 2.95 bits per heavy atom. The quantitative estimate of drug-likeness (QED) is 0.746. The maximum Gasteiger partial charge on any atom is 0.226 e. The minimum Gasteiger partial charge on any atom is -0.302 e. The molecular formula is C16H16N2OS2. The van der Waals surface area contributed by atoms with E-state index in [-0.39, 0.29) is 5.91 Å². The van der Waals surface area contributed by atoms with Gasteiger partial charge in [-0.1, -0.05) is 29.5 Å². The normalized spacial score (nSPS) is 10.9. The molecule has 108 valence electrons. The summed E-state index contributed by atoms with van der Waals surface area (Å²) in [5.74, 6) is 0.0447. The van der Waals surface area contributed by atoms with Crippen LogP contribution in [-0.4, -0.2) is 10.9 Å². The van der Waals surface area contributed by atoms with Gasteiger partial charge in [-0.2, -0.15) is 0 Å². The minimum absolute atomic E-state index is 0.0447. The Hall–Kier alpha value is -1.72. The molecule has 0 radical (unpaired) electrons. The summed E-state index contributed by atoms with van der Waals surface area (Å²) in [5, 5.41) is 5.67. The highest BCUT2D eigenvalue weighted by molar-refractivity contribution is 7.22. The van der Waals surface area contributed by atoms with Crippen LogP contribution in [0, 0.1) is 6.92 Å². The smallest absolute Gasteiger partial charge is 0.226 e. The number of benzene rings is 1. The lowest BCUT2D eigenvalue weighted by molar-refractivity contribution is -0.116. The largest absolute Gasteiger partial charge is 0.302 e. The van der Waals surface area contributed by atoms with Crippen LogP contribution in [0.15, 0.2) is 35.7 Å². The van der Waals surface area contributed by atoms with E-state index in [1.807, 2.05) is 31.2 Å². The van der Waals surface area contributed by atoms with Crippen LogP contribution in [-0.2, 0) is 11.2 Å². The maximum absolute atomic E-state index is 12.0. The van der Waals surface area contributed by atoms with Crippen LogP contribution in [0.4, 0.5) is 5.13 Å². The number of rotatable bonds is 5. The van der Waals surface area contributed by atoms with Crippen LogP contribution < -0.4 is 5.32 Å². The average molecular weight is 316 g/mol. The fraction of sp³-hybridized carbons (Fsp3) is 0.250. The minimum atomic E-state index is 0.0447. The monoisotopic (exact) mass is 316 g/mol. The Labute approximate surface area is 131 Å². The van der Waals surface area contributed by atoms with Crippen LogP contribution in [0.25, 0.3) is 10.2 Å². The Morgan fingerprint density at radius 1 is 1.29 bits per heavy atom. The third-order valence-corrected chi connectivity index (χ3v) is 5.15. The zero-order valence-electron chi connectivity index (χ0n) is 11.8. The van der Waals surface area contributed by atoms with E-state index in [4.69, 9.17) is 0 Å². The number of carbonyl (C=O) groups is 1. The first kappa shape index (κ1) is 14.2. The number of nitrogens with zero attached hydrogens (tertiary/aromatic N) is 1. The van der Waals surface area contributed by atoms with Crippen molar-refractivity contribution >= 4 is 43.9 Å². The van der Waals surface area contributed by atoms with Gasteiger partial charge >= 0.3 is 0 Å². The summed E-state index contributed by atoms with van der Waals surface area (Å²) in [6.45, 7) is 2.04. The molecule has 1 N–H and O–H groups in total. The molecule has 0 fully saturated rings. The molecule has 2 aromatic heterocycles. The highest BCUT2D eigenvalue weighted by Gasteiger charge is 2.09. The van der Waals surface area contributed by atoms with Crippen molar-refractivity contribution in [2.75, 3.05) is 5.32 Å². The summed E-state index contributed by atoms with van der Waals surface area (Å²) in [6, 6.07) is 10.2. The van der Waals surface area contributed by atoms with Gasteiger partial charge in [-0.15, -0.1) is 11.3 Å². The number of nitrogens with one attached hydrogen (secondary N) is 1. The second-order valence-corrected chi connectivity index (χ2v) is 6.98. The number of thiophene rings is 1. The number of anilines is 1. The third-order valence-electron chi connectivity index (χ3n) is 3.27. The lowest BCUT2D eigenvalue weighted by Gasteiger charge is -2.00. The number of aryl methyl sites for hydroxylation is 2. The first-order chi connectivity index (χ1) is 10.2. The fourth-order valence-corrected chi connectivity index (χ4v) is 3.91. The first-order valence-electron chi connectivity index (χ1n) is 6.91. The Morgan fingerprint density at radius 2 is 2.19 bits per heavy atom. The number of amides is 1. The lowest BCUT2D eigenvalue weighted by Crippen LogP contribution is -2.11. The number of para-hydroxylation sites is 1. The van der Waals surface area contributed by atoms with E-state index in [0.29, 0.717) is 11.6 Å². The van der Waals surface area contributed by atoms with E-state index >= 15 is 0 Å². The molecule has 1 amide bonds. The van der Waals surface area contributed by atoms with Gasteiger partial charge in [0.25, 0.3) is 0 Å². The number of hydrogen-bond donors (Lipinski definition) is 1. The number of thiazole rings is 1. The molecule has 0 aliphatic carbocycles. The van der Waals surface area contributed by atoms with Gasteiger partial charge in [-0.25, -0.2) is 4.98 Å². The summed E-state index contributed by atoms with van der Waals surface area (Å²) in [5.41, 5.74) is 2.12. The summed E-state index contributed by atoms with van der Waals surface area (Å²) >= 11 is 3.27. The van der Waals surface area contributed by atoms with Gasteiger partial charge in [0.1, 0.15) is 0 Å². The first-order valence-corrected chi connectivity index (χ1v) is 8.60. The molecule has 3 aromatic rings. The summed E-state index contributed by atoms with van der Waals surface area (Å²) in [6.07, 6.45) is 2.37. The van der Waals surface area contributed by atoms with E-state index in [0.717, 1.165) is 28.6 Å². The van der Waals surface area contributed by atoms with Crippen molar-refractivity contribution in [1.29, 1.82) is 0 Å². The number of carbonyl (C=O) groups excluding carboxylic acids is 1. The zero-order chi connectivity index (χ0) is 14.7. The topological polar surface area (TPSA) is 42.0 Å². The lowest BCUT2D eigenvalue weighted by atomic mass is 10.2. The molecule has 3 nitrogen and oxygen atoms in total. The fourth-order valence-electron chi connectivity index (χ4n) is 2.20. The second-order valence-electron chi connectivity index (χ2n) is 4.92. The van der Waals surface area contributed by atoms with Crippen molar-refractivity contribution in [3.05, 3.63) is 46.2 Å². The van der Waals surface area contributed by atoms with E-state index in [2.05, 4.69) is 21.7 Å². The molecule has 0 aliphatic rings. The van der Waals surface area contributed by atoms with Gasteiger partial charge in [0.05, 0.1) is 10.2 Å². The van der Waals surface area contributed by atoms with Crippen molar-refractivity contribution in [2.45, 2.75) is 26.2 Å². The Balaban J connectivity index is 1.57. The highest BCUT2D eigenvalue weighted by atomic mass is 32.1. The SMILES string of the molecule is Cc1cccc2sc(NC(=O)CCCc3cccs3)nc12. The number of fused-ring (bicyclic) bond motifs is 1. The van der Waals surface area contributed by atoms with E-state index in [1.165, 1.54) is 16.2 Å². The van der Waals surface area contributed by atoms with Crippen molar-refractivity contribution in [1.82, 2.24) is 4.98 Å². The molecule has 0 atom stereocenters. The van der Waals surface area contributed by atoms with Crippen LogP contribution in [0.3, 0.4) is 0 Å². The molecule has 0 spiro atoms. The molecule has 2 heterocycles. The third kappa shape index (κ3) is 3.49. The maximum atomic E-state index is 12.0. The van der Waals surface area contributed by atoms with Gasteiger partial charge in [0.2, 0.25) is 5.91 Å². The summed E-state index contributed by atoms with van der Waals surface area (Å²) in [7, 11) is 0. The number of hydrogen-bond acceptors (Lipinski definition) is 4. The highest BCUT2D eigenvalue weighted by Crippen LogP contribution is 2.28. The van der Waals surface area contributed by atoms with Crippen molar-refractivity contribution in [3.8, 4) is 0 Å². The summed E-state index contributed by atoms with van der Waals surface area (Å²) < 4.78 is 1.11. The van der Waals surface area contributed by atoms with Crippen molar-refractivity contribution in [2.24, 2.45) is 0 Å². The van der Waals surface area contributed by atoms with Crippen molar-refractivity contribution in [3.63, 3.8) is 0 Å². The molecular weight excluding hydrogens is 300 g/mol. The van der Waals surface area contributed by atoms with Gasteiger partial charge in [-0.3, -0.25) is 4.79 Å². The molecule has 0 bridgehead atoms. The van der Waals surface area contributed by atoms with Crippen LogP contribution in [0.2, 0.25) is 0 Å². The van der Waals surface area contributed by atoms with Crippen LogP contribution in [0.1, 0.15) is 23.3 Å². The Bertz CT molecular complexity index is 747. The molecule has 5 heteroatoms. The molecule has 0 aliphatic heterocycles. The summed E-state index contributed by atoms with van der Waals surface area (Å²) in [4.78, 5) is 17.8. The second kappa shape index (κ2) is 6.37. The molecule has 0 saturated carbocycles. The van der Waals surface area contributed by atoms with Gasteiger partial charge < -0.3 is 5.32 Å². The van der Waals surface area contributed by atoms with E-state index in [9.17, 15) is 4.79 Å². The van der Waals surface area contributed by atoms with Crippen LogP contribution >= 0.6 is 22.7 Å². The number of aromatic nitrogens is 1. The average Bonchev–Trinajstić information content (AvgIpc) is 3.08. The zero-order valence-corrected chi connectivity index (χ0v) is 13.4. The molecule has 0 unspecified atom stereocenters. The Kier molecular flexibility index (Phi) is 4.31. The van der Waals surface area contributed by atoms with Gasteiger partial charge in [0, 0.05) is 11.3 Å². The standard InChI is InChI=1S/C16H16N2OS2/c1-11-5-2-8-13-15(11)18-16(21-13)17-14(19)9-3-6-12-7-4-10-20-12/h2,4-5,7-8,10H,3,6,9H2,1H3,(H,17,18,19). The molecule has 0 saturated heterocycles. The molecule has 1 aromatic carbocycles. The van der Waals surface area contributed by atoms with Gasteiger partial charge in [0.15, 0.2) is 5.13 Å².